The van der Waals surface area contributed by atoms with E-state index >= 15 is 0 Å². The van der Waals surface area contributed by atoms with E-state index < -0.39 is 6.04 Å². The van der Waals surface area contributed by atoms with E-state index in [2.05, 4.69) is 5.32 Å². The minimum absolute atomic E-state index is 0. The Morgan fingerprint density at radius 3 is 2.27 bits per heavy atom. The molecule has 1 heterocycles. The number of carbonyl (C=O) groups excluding carboxylic acids is 2. The predicted molar refractivity (Wildman–Crippen MR) is 88.8 cm³/mol. The zero-order chi connectivity index (χ0) is 15.4. The fraction of sp³-hybridized carbons (Fsp3) is 0.500. The summed E-state index contributed by atoms with van der Waals surface area (Å²) in [6, 6.07) is 7.14. The molecule has 1 unspecified atom stereocenters. The second-order valence-corrected chi connectivity index (χ2v) is 5.68. The quantitative estimate of drug-likeness (QED) is 0.885. The maximum atomic E-state index is 12.2. The van der Waals surface area contributed by atoms with Crippen molar-refractivity contribution in [3.8, 4) is 0 Å². The van der Waals surface area contributed by atoms with Crippen LogP contribution in [-0.2, 0) is 9.59 Å². The van der Waals surface area contributed by atoms with E-state index in [0.717, 1.165) is 24.0 Å². The average Bonchev–Trinajstić information content (AvgIpc) is 2.47. The smallest absolute Gasteiger partial charge is 0.241 e. The molecule has 2 rings (SSSR count). The summed E-state index contributed by atoms with van der Waals surface area (Å²) >= 11 is 0. The Balaban J connectivity index is 0.00000242. The number of piperidine rings is 1. The van der Waals surface area contributed by atoms with Crippen molar-refractivity contribution in [1.29, 1.82) is 0 Å². The van der Waals surface area contributed by atoms with Gasteiger partial charge in [0.2, 0.25) is 11.8 Å². The highest BCUT2D eigenvalue weighted by atomic mass is 35.5. The highest BCUT2D eigenvalue weighted by Crippen LogP contribution is 2.14. The molecule has 122 valence electrons. The van der Waals surface area contributed by atoms with Gasteiger partial charge in [0, 0.05) is 26.1 Å². The Hall–Kier alpha value is -1.59. The number of hydrogen-bond donors (Lipinski definition) is 2. The van der Waals surface area contributed by atoms with E-state index in [1.54, 1.807) is 6.92 Å². The Kier molecular flexibility index (Phi) is 6.84. The lowest BCUT2D eigenvalue weighted by Gasteiger charge is -2.32. The summed E-state index contributed by atoms with van der Waals surface area (Å²) in [6.07, 6.45) is 1.57. The zero-order valence-electron chi connectivity index (χ0n) is 13.0. The third-order valence-corrected chi connectivity index (χ3v) is 4.01. The van der Waals surface area contributed by atoms with Crippen LogP contribution in [0.4, 0.5) is 0 Å². The van der Waals surface area contributed by atoms with Crippen LogP contribution in [0, 0.1) is 6.92 Å². The van der Waals surface area contributed by atoms with Gasteiger partial charge in [0.05, 0.1) is 0 Å². The van der Waals surface area contributed by atoms with Gasteiger partial charge in [-0.3, -0.25) is 9.59 Å². The standard InChI is InChI=1S/C16H23N3O2.ClH/c1-11-3-5-13(6-4-11)15(17)16(21)18-14-7-9-19(10-8-14)12(2)20;/h3-6,14-15H,7-10,17H2,1-2H3,(H,18,21);1H. The second kappa shape index (κ2) is 8.15. The third kappa shape index (κ3) is 4.71. The number of nitrogens with zero attached hydrogens (tertiary/aromatic N) is 1. The molecule has 6 heteroatoms. The van der Waals surface area contributed by atoms with Crippen LogP contribution in [0.2, 0.25) is 0 Å². The number of amides is 2. The largest absolute Gasteiger partial charge is 0.352 e. The van der Waals surface area contributed by atoms with E-state index in [-0.39, 0.29) is 30.3 Å². The van der Waals surface area contributed by atoms with Crippen molar-refractivity contribution >= 4 is 24.2 Å². The molecule has 5 nitrogen and oxygen atoms in total. The molecular formula is C16H24ClN3O2. The van der Waals surface area contributed by atoms with Crippen molar-refractivity contribution in [1.82, 2.24) is 10.2 Å². The predicted octanol–water partition coefficient (Wildman–Crippen LogP) is 1.54. The van der Waals surface area contributed by atoms with Gasteiger partial charge in [-0.15, -0.1) is 12.4 Å². The van der Waals surface area contributed by atoms with Crippen LogP contribution >= 0.6 is 12.4 Å². The van der Waals surface area contributed by atoms with Crippen LogP contribution in [0.5, 0.6) is 0 Å². The molecule has 0 saturated carbocycles. The van der Waals surface area contributed by atoms with Gasteiger partial charge in [-0.25, -0.2) is 0 Å². The van der Waals surface area contributed by atoms with Gasteiger partial charge in [-0.1, -0.05) is 29.8 Å². The van der Waals surface area contributed by atoms with Crippen LogP contribution in [0.15, 0.2) is 24.3 Å². The van der Waals surface area contributed by atoms with Gasteiger partial charge in [-0.05, 0) is 25.3 Å². The monoisotopic (exact) mass is 325 g/mol. The number of nitrogens with one attached hydrogen (secondary N) is 1. The first kappa shape index (κ1) is 18.5. The van der Waals surface area contributed by atoms with Gasteiger partial charge < -0.3 is 16.0 Å². The lowest BCUT2D eigenvalue weighted by molar-refractivity contribution is -0.130. The number of likely N-dealkylation sites (tertiary alicyclic amines) is 1. The van der Waals surface area contributed by atoms with Crippen molar-refractivity contribution < 1.29 is 9.59 Å². The number of rotatable bonds is 3. The molecule has 22 heavy (non-hydrogen) atoms. The normalized spacial score (nSPS) is 16.6. The highest BCUT2D eigenvalue weighted by Gasteiger charge is 2.24. The first-order valence-electron chi connectivity index (χ1n) is 7.35. The van der Waals surface area contributed by atoms with E-state index in [0.29, 0.717) is 13.1 Å². The molecule has 1 saturated heterocycles. The van der Waals surface area contributed by atoms with Crippen LogP contribution in [0.1, 0.15) is 36.9 Å². The van der Waals surface area contributed by atoms with Crippen LogP contribution < -0.4 is 11.1 Å². The molecule has 0 aromatic heterocycles. The van der Waals surface area contributed by atoms with Crippen molar-refractivity contribution in [2.24, 2.45) is 5.73 Å². The van der Waals surface area contributed by atoms with Crippen LogP contribution in [0.25, 0.3) is 0 Å². The number of halogens is 1. The van der Waals surface area contributed by atoms with Crippen molar-refractivity contribution in [2.75, 3.05) is 13.1 Å². The molecule has 1 aromatic rings. The molecule has 1 atom stereocenters. The molecule has 3 N–H and O–H groups in total. The Bertz CT molecular complexity index is 511. The first-order chi connectivity index (χ1) is 9.97. The average molecular weight is 326 g/mol. The molecule has 1 aliphatic rings. The first-order valence-corrected chi connectivity index (χ1v) is 7.35. The van der Waals surface area contributed by atoms with Crippen LogP contribution in [-0.4, -0.2) is 35.8 Å². The Labute approximate surface area is 137 Å². The van der Waals surface area contributed by atoms with Crippen molar-refractivity contribution in [2.45, 2.75) is 38.8 Å². The van der Waals surface area contributed by atoms with E-state index in [1.165, 1.54) is 0 Å². The second-order valence-electron chi connectivity index (χ2n) is 5.68. The Morgan fingerprint density at radius 2 is 1.77 bits per heavy atom. The van der Waals surface area contributed by atoms with Gasteiger partial charge in [0.15, 0.2) is 0 Å². The topological polar surface area (TPSA) is 75.4 Å². The number of aryl methyl sites for hydroxylation is 1. The van der Waals surface area contributed by atoms with Gasteiger partial charge >= 0.3 is 0 Å². The highest BCUT2D eigenvalue weighted by molar-refractivity contribution is 5.85. The maximum Gasteiger partial charge on any atom is 0.241 e. The summed E-state index contributed by atoms with van der Waals surface area (Å²) in [5.74, 6) is -0.0590. The van der Waals surface area contributed by atoms with Crippen molar-refractivity contribution in [3.63, 3.8) is 0 Å². The molecule has 1 fully saturated rings. The fourth-order valence-corrected chi connectivity index (χ4v) is 2.55. The molecule has 0 bridgehead atoms. The fourth-order valence-electron chi connectivity index (χ4n) is 2.55. The van der Waals surface area contributed by atoms with E-state index in [9.17, 15) is 9.59 Å². The summed E-state index contributed by atoms with van der Waals surface area (Å²) < 4.78 is 0. The summed E-state index contributed by atoms with van der Waals surface area (Å²) in [5.41, 5.74) is 7.97. The molecule has 0 aliphatic carbocycles. The Morgan fingerprint density at radius 1 is 1.23 bits per heavy atom. The lowest BCUT2D eigenvalue weighted by atomic mass is 10.0. The van der Waals surface area contributed by atoms with Crippen molar-refractivity contribution in [3.05, 3.63) is 35.4 Å². The van der Waals surface area contributed by atoms with Crippen LogP contribution in [0.3, 0.4) is 0 Å². The summed E-state index contributed by atoms with van der Waals surface area (Å²) in [5, 5.41) is 2.99. The summed E-state index contributed by atoms with van der Waals surface area (Å²) in [4.78, 5) is 25.3. The molecule has 0 radical (unpaired) electrons. The molecule has 1 aliphatic heterocycles. The number of hydrogen-bond acceptors (Lipinski definition) is 3. The molecule has 0 spiro atoms. The van der Waals surface area contributed by atoms with Gasteiger partial charge in [-0.2, -0.15) is 0 Å². The van der Waals surface area contributed by atoms with Gasteiger partial charge in [0.25, 0.3) is 0 Å². The number of nitrogens with two attached hydrogens (primary N) is 1. The van der Waals surface area contributed by atoms with Gasteiger partial charge in [0.1, 0.15) is 6.04 Å². The number of carbonyl (C=O) groups is 2. The molecule has 2 amide bonds. The third-order valence-electron chi connectivity index (χ3n) is 4.01. The summed E-state index contributed by atoms with van der Waals surface area (Å²) in [7, 11) is 0. The summed E-state index contributed by atoms with van der Waals surface area (Å²) in [6.45, 7) is 4.96. The van der Waals surface area contributed by atoms with E-state index in [4.69, 9.17) is 5.73 Å². The SMILES string of the molecule is CC(=O)N1CCC(NC(=O)C(N)c2ccc(C)cc2)CC1.Cl. The van der Waals surface area contributed by atoms with E-state index in [1.807, 2.05) is 36.1 Å². The lowest BCUT2D eigenvalue weighted by Crippen LogP contribution is -2.48. The molecule has 1 aromatic carbocycles. The maximum absolute atomic E-state index is 12.2. The number of benzene rings is 1. The zero-order valence-corrected chi connectivity index (χ0v) is 13.9. The molecular weight excluding hydrogens is 302 g/mol. The minimum Gasteiger partial charge on any atom is -0.352 e. The minimum atomic E-state index is -0.642.